The molecule has 0 saturated carbocycles. The summed E-state index contributed by atoms with van der Waals surface area (Å²) in [6, 6.07) is 7.78. The van der Waals surface area contributed by atoms with E-state index in [9.17, 15) is 4.79 Å². The number of amides is 1. The van der Waals surface area contributed by atoms with Crippen molar-refractivity contribution in [3.63, 3.8) is 0 Å². The molecule has 0 spiro atoms. The number of quaternary nitrogens is 2. The Morgan fingerprint density at radius 1 is 1.24 bits per heavy atom. The molecule has 114 valence electrons. The monoisotopic (exact) mass is 354 g/mol. The molecule has 3 N–H and O–H groups in total. The van der Waals surface area contributed by atoms with Crippen LogP contribution in [0.3, 0.4) is 0 Å². The number of likely N-dealkylation sites (N-methyl/N-ethyl adjacent to an activating group) is 1. The molecule has 0 aliphatic carbocycles. The van der Waals surface area contributed by atoms with Crippen molar-refractivity contribution in [1.29, 1.82) is 0 Å². The third kappa shape index (κ3) is 5.57. The Balaban J connectivity index is 1.71. The highest BCUT2D eigenvalue weighted by atomic mass is 79.9. The first-order chi connectivity index (χ1) is 10.2. The molecule has 1 heterocycles. The third-order valence-electron chi connectivity index (χ3n) is 3.85. The molecule has 6 heteroatoms. The van der Waals surface area contributed by atoms with Gasteiger partial charge in [0.1, 0.15) is 26.2 Å². The minimum atomic E-state index is -0.0155. The van der Waals surface area contributed by atoms with E-state index in [1.807, 2.05) is 24.3 Å². The molecule has 21 heavy (non-hydrogen) atoms. The van der Waals surface area contributed by atoms with Crippen LogP contribution in [0, 0.1) is 0 Å². The largest absolute Gasteiger partial charge is 0.326 e. The summed E-state index contributed by atoms with van der Waals surface area (Å²) < 4.78 is 1.03. The fraction of sp³-hybridized carbons (Fsp3) is 0.467. The molecule has 1 saturated heterocycles. The highest BCUT2D eigenvalue weighted by Crippen LogP contribution is 2.08. The predicted molar refractivity (Wildman–Crippen MR) is 86.7 cm³/mol. The first kappa shape index (κ1) is 16.1. The quantitative estimate of drug-likeness (QED) is 0.447. The van der Waals surface area contributed by atoms with E-state index >= 15 is 0 Å². The van der Waals surface area contributed by atoms with E-state index in [4.69, 9.17) is 0 Å². The summed E-state index contributed by atoms with van der Waals surface area (Å²) in [5, 5.41) is 4.01. The van der Waals surface area contributed by atoms with Crippen LogP contribution in [0.1, 0.15) is 12.5 Å². The molecule has 1 aromatic rings. The molecule has 1 amide bonds. The Labute approximate surface area is 134 Å². The summed E-state index contributed by atoms with van der Waals surface area (Å²) in [5.41, 5.74) is 3.57. The normalized spacial score (nSPS) is 22.4. The Morgan fingerprint density at radius 2 is 1.86 bits per heavy atom. The van der Waals surface area contributed by atoms with Gasteiger partial charge < -0.3 is 9.80 Å². The molecule has 0 aromatic heterocycles. The lowest BCUT2D eigenvalue weighted by molar-refractivity contribution is -1.01. The van der Waals surface area contributed by atoms with Gasteiger partial charge in [-0.3, -0.25) is 4.79 Å². The van der Waals surface area contributed by atoms with Crippen molar-refractivity contribution in [3.8, 4) is 0 Å². The Bertz CT molecular complexity index is 481. The van der Waals surface area contributed by atoms with Crippen molar-refractivity contribution in [2.45, 2.75) is 6.92 Å². The fourth-order valence-electron chi connectivity index (χ4n) is 2.48. The van der Waals surface area contributed by atoms with E-state index in [2.05, 4.69) is 33.4 Å². The zero-order valence-electron chi connectivity index (χ0n) is 12.4. The number of hydrogen-bond donors (Lipinski definition) is 3. The predicted octanol–water partition coefficient (Wildman–Crippen LogP) is -1.30. The van der Waals surface area contributed by atoms with Gasteiger partial charge in [0.05, 0.1) is 12.8 Å². The zero-order chi connectivity index (χ0) is 15.1. The number of nitrogens with one attached hydrogen (secondary N) is 3. The maximum atomic E-state index is 11.8. The molecule has 1 aliphatic rings. The Kier molecular flexibility index (Phi) is 6.35. The summed E-state index contributed by atoms with van der Waals surface area (Å²) >= 11 is 3.38. The number of nitrogens with zero attached hydrogens (tertiary/aromatic N) is 1. The van der Waals surface area contributed by atoms with Crippen LogP contribution >= 0.6 is 15.9 Å². The highest BCUT2D eigenvalue weighted by Gasteiger charge is 2.23. The lowest BCUT2D eigenvalue weighted by Gasteiger charge is -2.28. The Hall–Kier alpha value is -1.24. The maximum absolute atomic E-state index is 11.8. The van der Waals surface area contributed by atoms with Crippen molar-refractivity contribution in [3.05, 3.63) is 34.3 Å². The molecule has 0 bridgehead atoms. The van der Waals surface area contributed by atoms with Crippen LogP contribution in [0.15, 0.2) is 33.8 Å². The SMILES string of the molecule is CC[NH+]1CC[NH+](CC(=O)N/N=C\c2ccc(Br)cc2)CC1. The first-order valence-corrected chi connectivity index (χ1v) is 8.21. The molecule has 1 aliphatic heterocycles. The van der Waals surface area contributed by atoms with Gasteiger partial charge in [-0.25, -0.2) is 5.43 Å². The second-order valence-corrected chi connectivity index (χ2v) is 6.29. The van der Waals surface area contributed by atoms with Gasteiger partial charge in [0.2, 0.25) is 0 Å². The molecule has 1 fully saturated rings. The van der Waals surface area contributed by atoms with E-state index in [0.717, 1.165) is 36.2 Å². The number of hydrogen-bond acceptors (Lipinski definition) is 2. The van der Waals surface area contributed by atoms with Crippen molar-refractivity contribution in [2.75, 3.05) is 39.3 Å². The van der Waals surface area contributed by atoms with E-state index in [-0.39, 0.29) is 5.91 Å². The molecule has 2 rings (SSSR count). The smallest absolute Gasteiger partial charge is 0.295 e. The number of hydrazone groups is 1. The van der Waals surface area contributed by atoms with Gasteiger partial charge in [-0.05, 0) is 24.6 Å². The average molecular weight is 355 g/mol. The molecular formula is C15H23BrN4O+2. The first-order valence-electron chi connectivity index (χ1n) is 7.42. The van der Waals surface area contributed by atoms with Crippen molar-refractivity contribution in [1.82, 2.24) is 5.43 Å². The van der Waals surface area contributed by atoms with Gasteiger partial charge in [0.25, 0.3) is 5.91 Å². The number of piperazine rings is 1. The standard InChI is InChI=1S/C15H21BrN4O/c1-2-19-7-9-20(10-8-19)12-15(21)18-17-11-13-3-5-14(16)6-4-13/h3-6,11H,2,7-10,12H2,1H3,(H,18,21)/p+2/b17-11-. The summed E-state index contributed by atoms with van der Waals surface area (Å²) in [6.45, 7) is 8.33. The van der Waals surface area contributed by atoms with Crippen LogP contribution < -0.4 is 15.2 Å². The Morgan fingerprint density at radius 3 is 2.48 bits per heavy atom. The van der Waals surface area contributed by atoms with Gasteiger partial charge in [0, 0.05) is 4.47 Å². The molecule has 0 unspecified atom stereocenters. The number of rotatable bonds is 5. The topological polar surface area (TPSA) is 50.3 Å². The third-order valence-corrected chi connectivity index (χ3v) is 4.38. The second-order valence-electron chi connectivity index (χ2n) is 5.38. The zero-order valence-corrected chi connectivity index (χ0v) is 13.9. The lowest BCUT2D eigenvalue weighted by Crippen LogP contribution is -3.28. The van der Waals surface area contributed by atoms with Crippen LogP contribution in [-0.4, -0.2) is 51.4 Å². The number of benzene rings is 1. The van der Waals surface area contributed by atoms with Crippen molar-refractivity contribution in [2.24, 2.45) is 5.10 Å². The summed E-state index contributed by atoms with van der Waals surface area (Å²) in [5.74, 6) is -0.0155. The molecule has 1 aromatic carbocycles. The molecule has 5 nitrogen and oxygen atoms in total. The van der Waals surface area contributed by atoms with Gasteiger partial charge in [-0.2, -0.15) is 5.10 Å². The highest BCUT2D eigenvalue weighted by molar-refractivity contribution is 9.10. The molecule has 0 atom stereocenters. The number of carbonyl (C=O) groups excluding carboxylic acids is 1. The van der Waals surface area contributed by atoms with Gasteiger partial charge in [0.15, 0.2) is 6.54 Å². The van der Waals surface area contributed by atoms with E-state index in [0.29, 0.717) is 6.54 Å². The summed E-state index contributed by atoms with van der Waals surface area (Å²) in [7, 11) is 0. The van der Waals surface area contributed by atoms with E-state index in [1.54, 1.807) is 11.1 Å². The molecule has 0 radical (unpaired) electrons. The average Bonchev–Trinajstić information content (AvgIpc) is 2.50. The van der Waals surface area contributed by atoms with Gasteiger partial charge in [-0.1, -0.05) is 28.1 Å². The minimum Gasteiger partial charge on any atom is -0.326 e. The van der Waals surface area contributed by atoms with Crippen LogP contribution in [0.25, 0.3) is 0 Å². The van der Waals surface area contributed by atoms with Gasteiger partial charge in [-0.15, -0.1) is 0 Å². The van der Waals surface area contributed by atoms with E-state index < -0.39 is 0 Å². The van der Waals surface area contributed by atoms with Crippen LogP contribution in [0.2, 0.25) is 0 Å². The van der Waals surface area contributed by atoms with Crippen LogP contribution in [-0.2, 0) is 4.79 Å². The number of halogens is 1. The number of carbonyl (C=O) groups is 1. The lowest BCUT2D eigenvalue weighted by atomic mass is 10.2. The van der Waals surface area contributed by atoms with Gasteiger partial charge >= 0.3 is 0 Å². The van der Waals surface area contributed by atoms with Crippen LogP contribution in [0.4, 0.5) is 0 Å². The second kappa shape index (κ2) is 8.26. The minimum absolute atomic E-state index is 0.0155. The summed E-state index contributed by atoms with van der Waals surface area (Å²) in [6.07, 6.45) is 1.67. The van der Waals surface area contributed by atoms with E-state index in [1.165, 1.54) is 11.4 Å². The van der Waals surface area contributed by atoms with Crippen molar-refractivity contribution >= 4 is 28.1 Å². The summed E-state index contributed by atoms with van der Waals surface area (Å²) in [4.78, 5) is 14.8. The fourth-order valence-corrected chi connectivity index (χ4v) is 2.75. The molecular weight excluding hydrogens is 332 g/mol. The maximum Gasteiger partial charge on any atom is 0.295 e. The van der Waals surface area contributed by atoms with Crippen molar-refractivity contribution < 1.29 is 14.6 Å². The van der Waals surface area contributed by atoms with Crippen LogP contribution in [0.5, 0.6) is 0 Å².